The zero-order valence-corrected chi connectivity index (χ0v) is 12.4. The Morgan fingerprint density at radius 3 is 2.62 bits per heavy atom. The van der Waals surface area contributed by atoms with Crippen LogP contribution in [0, 0.1) is 0 Å². The molecule has 6 nitrogen and oxygen atoms in total. The van der Waals surface area contributed by atoms with Crippen molar-refractivity contribution in [3.05, 3.63) is 51.4 Å². The summed E-state index contributed by atoms with van der Waals surface area (Å²) in [7, 11) is 0. The van der Waals surface area contributed by atoms with E-state index in [1.807, 2.05) is 0 Å². The number of carbonyl (C=O) groups is 1. The van der Waals surface area contributed by atoms with Gasteiger partial charge in [0.25, 0.3) is 11.5 Å². The zero-order valence-electron chi connectivity index (χ0n) is 12.4. The Balaban J connectivity index is 1.85. The quantitative estimate of drug-likeness (QED) is 0.781. The van der Waals surface area contributed by atoms with Crippen molar-refractivity contribution >= 4 is 5.91 Å². The molecule has 0 spiro atoms. The second-order valence-electron chi connectivity index (χ2n) is 5.68. The van der Waals surface area contributed by atoms with Gasteiger partial charge in [-0.2, -0.15) is 13.2 Å². The molecule has 2 heterocycles. The van der Waals surface area contributed by atoms with Gasteiger partial charge in [0.15, 0.2) is 0 Å². The average molecular weight is 341 g/mol. The number of hydrogen-bond donors (Lipinski definition) is 3. The van der Waals surface area contributed by atoms with Crippen LogP contribution in [0.1, 0.15) is 34.0 Å². The normalized spacial score (nSPS) is 18.1. The number of phenols is 1. The minimum atomic E-state index is -4.69. The van der Waals surface area contributed by atoms with Gasteiger partial charge < -0.3 is 15.1 Å². The fourth-order valence-corrected chi connectivity index (χ4v) is 2.89. The van der Waals surface area contributed by atoms with Crippen LogP contribution in [0.15, 0.2) is 29.1 Å². The third-order valence-electron chi connectivity index (χ3n) is 4.07. The second-order valence-corrected chi connectivity index (χ2v) is 5.68. The largest absolute Gasteiger partial charge is 0.508 e. The number of carbonyl (C=O) groups excluding carboxylic acids is 1. The Morgan fingerprint density at radius 2 is 2.00 bits per heavy atom. The molecule has 2 aromatic rings. The van der Waals surface area contributed by atoms with Gasteiger partial charge in [0.05, 0.1) is 11.1 Å². The van der Waals surface area contributed by atoms with E-state index in [0.717, 1.165) is 12.1 Å². The van der Waals surface area contributed by atoms with Crippen molar-refractivity contribution in [1.82, 2.24) is 15.1 Å². The maximum atomic E-state index is 13.1. The van der Waals surface area contributed by atoms with Crippen molar-refractivity contribution in [3.8, 4) is 5.75 Å². The van der Waals surface area contributed by atoms with E-state index in [4.69, 9.17) is 0 Å². The molecule has 0 aliphatic carbocycles. The molecule has 1 aromatic heterocycles. The van der Waals surface area contributed by atoms with Gasteiger partial charge >= 0.3 is 6.18 Å². The van der Waals surface area contributed by atoms with Gasteiger partial charge in [0.2, 0.25) is 0 Å². The molecule has 1 aliphatic rings. The number of rotatable bonds is 2. The zero-order chi connectivity index (χ0) is 17.5. The summed E-state index contributed by atoms with van der Waals surface area (Å²) in [4.78, 5) is 24.9. The number of aromatic hydroxyl groups is 1. The van der Waals surface area contributed by atoms with E-state index in [-0.39, 0.29) is 24.6 Å². The Morgan fingerprint density at radius 1 is 1.25 bits per heavy atom. The third-order valence-corrected chi connectivity index (χ3v) is 4.07. The topological polar surface area (TPSA) is 89.2 Å². The van der Waals surface area contributed by atoms with Crippen molar-refractivity contribution < 1.29 is 23.1 Å². The number of hydrogen-bond acceptors (Lipinski definition) is 3. The Bertz CT molecular complexity index is 825. The third kappa shape index (κ3) is 3.01. The standard InChI is InChI=1S/C15H14F3N3O3/c16-15(17,18)11-2-1-9(22)5-10(11)14(24)21-4-3-8(7-21)12-6-13(23)20-19-12/h1-2,5-6,8,22H,3-4,7H2,(H2,19,20,23). The first-order chi connectivity index (χ1) is 11.3. The number of likely N-dealkylation sites (tertiary alicyclic amines) is 1. The van der Waals surface area contributed by atoms with Crippen LogP contribution >= 0.6 is 0 Å². The lowest BCUT2D eigenvalue weighted by Gasteiger charge is -2.19. The van der Waals surface area contributed by atoms with Crippen LogP contribution in [0.4, 0.5) is 13.2 Å². The molecule has 0 bridgehead atoms. The lowest BCUT2D eigenvalue weighted by Crippen LogP contribution is -2.30. The van der Waals surface area contributed by atoms with E-state index in [1.54, 1.807) is 0 Å². The van der Waals surface area contributed by atoms with Crippen LogP contribution in [-0.2, 0) is 6.18 Å². The van der Waals surface area contributed by atoms with Gasteiger partial charge in [-0.05, 0) is 24.6 Å². The monoisotopic (exact) mass is 341 g/mol. The summed E-state index contributed by atoms with van der Waals surface area (Å²) in [6.45, 7) is 0.462. The van der Waals surface area contributed by atoms with Gasteiger partial charge in [-0.1, -0.05) is 0 Å². The summed E-state index contributed by atoms with van der Waals surface area (Å²) in [6, 6.07) is 3.79. The van der Waals surface area contributed by atoms with Crippen LogP contribution in [0.2, 0.25) is 0 Å². The molecule has 9 heteroatoms. The van der Waals surface area contributed by atoms with Gasteiger partial charge in [-0.25, -0.2) is 0 Å². The number of H-pyrrole nitrogens is 2. The first-order valence-corrected chi connectivity index (χ1v) is 7.23. The molecule has 1 aromatic carbocycles. The predicted molar refractivity (Wildman–Crippen MR) is 77.8 cm³/mol. The summed E-state index contributed by atoms with van der Waals surface area (Å²) in [5, 5.41) is 14.5. The highest BCUT2D eigenvalue weighted by Crippen LogP contribution is 2.35. The molecule has 1 unspecified atom stereocenters. The van der Waals surface area contributed by atoms with E-state index in [2.05, 4.69) is 10.2 Å². The Kier molecular flexibility index (Phi) is 3.86. The number of amides is 1. The molecule has 1 saturated heterocycles. The number of aromatic amines is 2. The first-order valence-electron chi connectivity index (χ1n) is 7.23. The molecule has 3 rings (SSSR count). The lowest BCUT2D eigenvalue weighted by molar-refractivity contribution is -0.138. The molecule has 0 radical (unpaired) electrons. The van der Waals surface area contributed by atoms with Crippen molar-refractivity contribution in [2.45, 2.75) is 18.5 Å². The average Bonchev–Trinajstić information content (AvgIpc) is 3.13. The van der Waals surface area contributed by atoms with Crippen molar-refractivity contribution in [2.75, 3.05) is 13.1 Å². The lowest BCUT2D eigenvalue weighted by atomic mass is 10.0. The number of phenolic OH excluding ortho intramolecular Hbond substituents is 1. The van der Waals surface area contributed by atoms with Crippen LogP contribution in [0.5, 0.6) is 5.75 Å². The first kappa shape index (κ1) is 16.2. The summed E-state index contributed by atoms with van der Waals surface area (Å²) < 4.78 is 39.2. The highest BCUT2D eigenvalue weighted by atomic mass is 19.4. The smallest absolute Gasteiger partial charge is 0.417 e. The molecular weight excluding hydrogens is 327 g/mol. The SMILES string of the molecule is O=C(c1cc(O)ccc1C(F)(F)F)N1CCC(c2cc(=O)[nH][nH]2)C1. The Labute approximate surface area is 133 Å². The number of nitrogens with one attached hydrogen (secondary N) is 2. The van der Waals surface area contributed by atoms with E-state index >= 15 is 0 Å². The number of nitrogens with zero attached hydrogens (tertiary/aromatic N) is 1. The highest BCUT2D eigenvalue weighted by Gasteiger charge is 2.38. The van der Waals surface area contributed by atoms with Crippen molar-refractivity contribution in [3.63, 3.8) is 0 Å². The van der Waals surface area contributed by atoms with Crippen LogP contribution in [-0.4, -0.2) is 39.2 Å². The van der Waals surface area contributed by atoms with Crippen LogP contribution in [0.25, 0.3) is 0 Å². The van der Waals surface area contributed by atoms with Crippen molar-refractivity contribution in [2.24, 2.45) is 0 Å². The van der Waals surface area contributed by atoms with Crippen molar-refractivity contribution in [1.29, 1.82) is 0 Å². The van der Waals surface area contributed by atoms with E-state index in [1.165, 1.54) is 11.0 Å². The fourth-order valence-electron chi connectivity index (χ4n) is 2.89. The van der Waals surface area contributed by atoms with E-state index < -0.39 is 29.0 Å². The highest BCUT2D eigenvalue weighted by molar-refractivity contribution is 5.96. The molecule has 1 atom stereocenters. The molecule has 24 heavy (non-hydrogen) atoms. The van der Waals surface area contributed by atoms with Gasteiger partial charge in [0, 0.05) is 30.8 Å². The molecule has 3 N–H and O–H groups in total. The summed E-state index contributed by atoms with van der Waals surface area (Å²) in [5.41, 5.74) is -1.35. The van der Waals surface area contributed by atoms with Crippen LogP contribution < -0.4 is 5.56 Å². The Hall–Kier alpha value is -2.71. The molecule has 1 aliphatic heterocycles. The summed E-state index contributed by atoms with van der Waals surface area (Å²) in [5.74, 6) is -1.35. The summed E-state index contributed by atoms with van der Waals surface area (Å²) >= 11 is 0. The van der Waals surface area contributed by atoms with E-state index in [0.29, 0.717) is 18.2 Å². The number of halogens is 3. The van der Waals surface area contributed by atoms with Gasteiger partial charge in [-0.15, -0.1) is 0 Å². The molecule has 0 saturated carbocycles. The minimum absolute atomic E-state index is 0.153. The minimum Gasteiger partial charge on any atom is -0.508 e. The maximum Gasteiger partial charge on any atom is 0.417 e. The van der Waals surface area contributed by atoms with Gasteiger partial charge in [-0.3, -0.25) is 14.7 Å². The molecule has 1 fully saturated rings. The molecule has 1 amide bonds. The second kappa shape index (κ2) is 5.73. The number of benzene rings is 1. The number of alkyl halides is 3. The van der Waals surface area contributed by atoms with E-state index in [9.17, 15) is 27.9 Å². The molecular formula is C15H14F3N3O3. The predicted octanol–water partition coefficient (Wildman–Crippen LogP) is 2.06. The fraction of sp³-hybridized carbons (Fsp3) is 0.333. The van der Waals surface area contributed by atoms with Gasteiger partial charge in [0.1, 0.15) is 5.75 Å². The summed E-state index contributed by atoms with van der Waals surface area (Å²) in [6.07, 6.45) is -4.16. The van der Waals surface area contributed by atoms with Crippen LogP contribution in [0.3, 0.4) is 0 Å². The molecule has 128 valence electrons. The number of aromatic nitrogens is 2. The maximum absolute atomic E-state index is 13.1.